The van der Waals surface area contributed by atoms with Gasteiger partial charge in [-0.05, 0) is 56.3 Å². The van der Waals surface area contributed by atoms with Crippen LogP contribution in [0.15, 0.2) is 47.6 Å². The van der Waals surface area contributed by atoms with Gasteiger partial charge in [0.1, 0.15) is 11.5 Å². The predicted molar refractivity (Wildman–Crippen MR) is 95.3 cm³/mol. The average molecular weight is 347 g/mol. The molecule has 2 aromatic rings. The zero-order valence-corrected chi connectivity index (χ0v) is 14.3. The number of benzene rings is 2. The number of rotatable bonds is 7. The second-order valence-electron chi connectivity index (χ2n) is 4.77. The highest BCUT2D eigenvalue weighted by Crippen LogP contribution is 2.21. The molecular formula is C18H19ClN2O3. The van der Waals surface area contributed by atoms with Gasteiger partial charge in [0, 0.05) is 16.1 Å². The Bertz CT molecular complexity index is 715. The summed E-state index contributed by atoms with van der Waals surface area (Å²) < 4.78 is 10.8. The van der Waals surface area contributed by atoms with Gasteiger partial charge in [-0.25, -0.2) is 5.43 Å². The lowest BCUT2D eigenvalue weighted by molar-refractivity contribution is 0.0955. The lowest BCUT2D eigenvalue weighted by Gasteiger charge is -2.07. The molecular weight excluding hydrogens is 328 g/mol. The van der Waals surface area contributed by atoms with Gasteiger partial charge in [0.15, 0.2) is 0 Å². The van der Waals surface area contributed by atoms with E-state index in [1.165, 1.54) is 6.21 Å². The van der Waals surface area contributed by atoms with E-state index >= 15 is 0 Å². The van der Waals surface area contributed by atoms with E-state index in [9.17, 15) is 4.79 Å². The Morgan fingerprint density at radius 1 is 1.12 bits per heavy atom. The van der Waals surface area contributed by atoms with E-state index in [0.29, 0.717) is 35.1 Å². The van der Waals surface area contributed by atoms with Crippen molar-refractivity contribution < 1.29 is 14.3 Å². The summed E-state index contributed by atoms with van der Waals surface area (Å²) in [7, 11) is 0. The van der Waals surface area contributed by atoms with Gasteiger partial charge in [-0.1, -0.05) is 11.6 Å². The molecule has 2 rings (SSSR count). The Balaban J connectivity index is 2.03. The second kappa shape index (κ2) is 8.93. The summed E-state index contributed by atoms with van der Waals surface area (Å²) in [5, 5.41) is 4.53. The minimum Gasteiger partial charge on any atom is -0.494 e. The van der Waals surface area contributed by atoms with Crippen LogP contribution in [0.1, 0.15) is 29.8 Å². The molecule has 0 unspecified atom stereocenters. The Morgan fingerprint density at radius 2 is 1.83 bits per heavy atom. The summed E-state index contributed by atoms with van der Waals surface area (Å²) in [5.74, 6) is 1.06. The summed E-state index contributed by atoms with van der Waals surface area (Å²) >= 11 is 5.98. The maximum atomic E-state index is 12.1. The number of carbonyl (C=O) groups is 1. The zero-order valence-electron chi connectivity index (χ0n) is 13.6. The number of hydrogen-bond donors (Lipinski definition) is 1. The van der Waals surface area contributed by atoms with E-state index in [-0.39, 0.29) is 5.91 Å². The number of nitrogens with one attached hydrogen (secondary N) is 1. The Morgan fingerprint density at radius 3 is 2.50 bits per heavy atom. The molecule has 0 aromatic heterocycles. The van der Waals surface area contributed by atoms with Crippen LogP contribution in [-0.4, -0.2) is 25.3 Å². The molecule has 0 fully saturated rings. The highest BCUT2D eigenvalue weighted by Gasteiger charge is 2.05. The molecule has 0 spiro atoms. The lowest BCUT2D eigenvalue weighted by atomic mass is 10.2. The van der Waals surface area contributed by atoms with Crippen molar-refractivity contribution in [1.82, 2.24) is 5.43 Å². The van der Waals surface area contributed by atoms with Gasteiger partial charge < -0.3 is 9.47 Å². The van der Waals surface area contributed by atoms with Gasteiger partial charge >= 0.3 is 0 Å². The number of nitrogens with zero attached hydrogens (tertiary/aromatic N) is 1. The molecule has 2 aromatic carbocycles. The number of amides is 1. The van der Waals surface area contributed by atoms with Gasteiger partial charge in [0.25, 0.3) is 5.91 Å². The van der Waals surface area contributed by atoms with E-state index in [1.807, 2.05) is 13.8 Å². The average Bonchev–Trinajstić information content (AvgIpc) is 2.58. The first-order valence-corrected chi connectivity index (χ1v) is 8.00. The molecule has 0 bridgehead atoms. The summed E-state index contributed by atoms with van der Waals surface area (Å²) in [6, 6.07) is 12.1. The van der Waals surface area contributed by atoms with Gasteiger partial charge in [0.2, 0.25) is 0 Å². The third-order valence-electron chi connectivity index (χ3n) is 3.07. The number of hydrogen-bond acceptors (Lipinski definition) is 4. The minimum atomic E-state index is -0.311. The van der Waals surface area contributed by atoms with E-state index < -0.39 is 0 Å². The van der Waals surface area contributed by atoms with Crippen molar-refractivity contribution in [3.63, 3.8) is 0 Å². The molecule has 0 aliphatic carbocycles. The molecule has 0 radical (unpaired) electrons. The summed E-state index contributed by atoms with van der Waals surface area (Å²) in [6.45, 7) is 4.91. The largest absolute Gasteiger partial charge is 0.494 e. The Kier molecular flexibility index (Phi) is 6.63. The monoisotopic (exact) mass is 346 g/mol. The molecule has 0 aliphatic rings. The van der Waals surface area contributed by atoms with Crippen molar-refractivity contribution in [2.45, 2.75) is 13.8 Å². The highest BCUT2D eigenvalue weighted by molar-refractivity contribution is 6.30. The molecule has 0 heterocycles. The Hall–Kier alpha value is -2.53. The summed E-state index contributed by atoms with van der Waals surface area (Å²) in [6.07, 6.45) is 1.50. The van der Waals surface area contributed by atoms with Crippen molar-refractivity contribution in [2.24, 2.45) is 5.10 Å². The molecule has 1 N–H and O–H groups in total. The highest BCUT2D eigenvalue weighted by atomic mass is 35.5. The molecule has 0 saturated heterocycles. The maximum Gasteiger partial charge on any atom is 0.271 e. The van der Waals surface area contributed by atoms with E-state index in [4.69, 9.17) is 21.1 Å². The minimum absolute atomic E-state index is 0.311. The van der Waals surface area contributed by atoms with Gasteiger partial charge in [-0.15, -0.1) is 0 Å². The first-order chi connectivity index (χ1) is 11.6. The molecule has 0 aliphatic heterocycles. The van der Waals surface area contributed by atoms with Crippen molar-refractivity contribution in [2.75, 3.05) is 13.2 Å². The van der Waals surface area contributed by atoms with Crippen LogP contribution in [0.5, 0.6) is 11.5 Å². The Labute approximate surface area is 146 Å². The second-order valence-corrected chi connectivity index (χ2v) is 5.21. The molecule has 5 nitrogen and oxygen atoms in total. The van der Waals surface area contributed by atoms with Crippen LogP contribution in [0.4, 0.5) is 0 Å². The predicted octanol–water partition coefficient (Wildman–Crippen LogP) is 3.90. The van der Waals surface area contributed by atoms with E-state index in [1.54, 1.807) is 42.5 Å². The van der Waals surface area contributed by atoms with Crippen LogP contribution in [-0.2, 0) is 0 Å². The first-order valence-electron chi connectivity index (χ1n) is 7.62. The third-order valence-corrected chi connectivity index (χ3v) is 3.30. The standard InChI is InChI=1S/C18H19ClN2O3/c1-3-23-16-8-5-13(6-9-16)18(22)21-20-12-14-11-15(19)7-10-17(14)24-4-2/h5-12H,3-4H2,1-2H3,(H,21,22)/b20-12+. The molecule has 0 saturated carbocycles. The quantitative estimate of drug-likeness (QED) is 0.611. The maximum absolute atomic E-state index is 12.1. The number of ether oxygens (including phenoxy) is 2. The molecule has 6 heteroatoms. The van der Waals surface area contributed by atoms with Crippen LogP contribution < -0.4 is 14.9 Å². The van der Waals surface area contributed by atoms with Crippen molar-refractivity contribution in [3.8, 4) is 11.5 Å². The fraction of sp³-hybridized carbons (Fsp3) is 0.222. The number of carbonyl (C=O) groups excluding carboxylic acids is 1. The van der Waals surface area contributed by atoms with E-state index in [2.05, 4.69) is 10.5 Å². The first kappa shape index (κ1) is 17.8. The summed E-state index contributed by atoms with van der Waals surface area (Å²) in [4.78, 5) is 12.1. The molecule has 1 amide bonds. The SMILES string of the molecule is CCOc1ccc(C(=O)N/N=C/c2cc(Cl)ccc2OCC)cc1. The van der Waals surface area contributed by atoms with Crippen molar-refractivity contribution >= 4 is 23.7 Å². The third kappa shape index (κ3) is 4.99. The van der Waals surface area contributed by atoms with Crippen LogP contribution in [0.25, 0.3) is 0 Å². The summed E-state index contributed by atoms with van der Waals surface area (Å²) in [5.41, 5.74) is 3.66. The topological polar surface area (TPSA) is 59.9 Å². The molecule has 0 atom stereocenters. The van der Waals surface area contributed by atoms with Crippen LogP contribution in [0.3, 0.4) is 0 Å². The normalized spacial score (nSPS) is 10.6. The van der Waals surface area contributed by atoms with Crippen LogP contribution in [0.2, 0.25) is 5.02 Å². The van der Waals surface area contributed by atoms with Crippen molar-refractivity contribution in [1.29, 1.82) is 0 Å². The van der Waals surface area contributed by atoms with Crippen LogP contribution >= 0.6 is 11.6 Å². The van der Waals surface area contributed by atoms with Crippen molar-refractivity contribution in [3.05, 3.63) is 58.6 Å². The van der Waals surface area contributed by atoms with Crippen LogP contribution in [0, 0.1) is 0 Å². The van der Waals surface area contributed by atoms with Gasteiger partial charge in [-0.3, -0.25) is 4.79 Å². The number of halogens is 1. The zero-order chi connectivity index (χ0) is 17.4. The van der Waals surface area contributed by atoms with Gasteiger partial charge in [0.05, 0.1) is 19.4 Å². The lowest BCUT2D eigenvalue weighted by Crippen LogP contribution is -2.17. The molecule has 126 valence electrons. The number of hydrazone groups is 1. The fourth-order valence-corrected chi connectivity index (χ4v) is 2.18. The van der Waals surface area contributed by atoms with Gasteiger partial charge in [-0.2, -0.15) is 5.10 Å². The smallest absolute Gasteiger partial charge is 0.271 e. The molecule has 24 heavy (non-hydrogen) atoms. The fourth-order valence-electron chi connectivity index (χ4n) is 2.00. The van der Waals surface area contributed by atoms with E-state index in [0.717, 1.165) is 5.75 Å².